The highest BCUT2D eigenvalue weighted by atomic mass is 16.3. The summed E-state index contributed by atoms with van der Waals surface area (Å²) in [6.07, 6.45) is 7.02. The molecule has 3 rings (SSSR count). The fraction of sp³-hybridized carbons (Fsp3) is 0.300. The Kier molecular flexibility index (Phi) is 4.21. The van der Waals surface area contributed by atoms with Gasteiger partial charge in [0, 0.05) is 0 Å². The molecule has 1 heteroatoms. The smallest absolute Gasteiger partial charge is 0.0863 e. The molecule has 0 spiro atoms. The molecule has 0 radical (unpaired) electrons. The van der Waals surface area contributed by atoms with Gasteiger partial charge in [-0.15, -0.1) is 0 Å². The number of hydrogen-bond donors (Lipinski definition) is 1. The van der Waals surface area contributed by atoms with Gasteiger partial charge in [0.2, 0.25) is 0 Å². The van der Waals surface area contributed by atoms with Gasteiger partial charge in [-0.3, -0.25) is 0 Å². The van der Waals surface area contributed by atoms with Crippen LogP contribution in [0.3, 0.4) is 0 Å². The summed E-state index contributed by atoms with van der Waals surface area (Å²) in [5.74, 6) is 0. The normalized spacial score (nSPS) is 17.9. The van der Waals surface area contributed by atoms with Crippen LogP contribution in [0.2, 0.25) is 0 Å². The molecule has 1 fully saturated rings. The van der Waals surface area contributed by atoms with Gasteiger partial charge in [0.1, 0.15) is 0 Å². The van der Waals surface area contributed by atoms with E-state index >= 15 is 0 Å². The molecule has 2 aromatic rings. The first-order valence-electron chi connectivity index (χ1n) is 7.79. The first kappa shape index (κ1) is 14.1. The molecule has 21 heavy (non-hydrogen) atoms. The van der Waals surface area contributed by atoms with Crippen LogP contribution in [0.25, 0.3) is 6.08 Å². The average molecular weight is 278 g/mol. The van der Waals surface area contributed by atoms with E-state index in [0.29, 0.717) is 0 Å². The van der Waals surface area contributed by atoms with E-state index in [1.54, 1.807) is 0 Å². The first-order valence-corrected chi connectivity index (χ1v) is 7.79. The second kappa shape index (κ2) is 6.28. The monoisotopic (exact) mass is 278 g/mol. The number of rotatable bonds is 4. The third-order valence-electron chi connectivity index (χ3n) is 4.41. The summed E-state index contributed by atoms with van der Waals surface area (Å²) in [5, 5.41) is 11.0. The summed E-state index contributed by atoms with van der Waals surface area (Å²) in [5.41, 5.74) is 2.97. The topological polar surface area (TPSA) is 20.2 Å². The molecule has 108 valence electrons. The maximum absolute atomic E-state index is 11.0. The molecular weight excluding hydrogens is 256 g/mol. The van der Waals surface area contributed by atoms with Crippen molar-refractivity contribution in [1.82, 2.24) is 0 Å². The summed E-state index contributed by atoms with van der Waals surface area (Å²) in [6, 6.07) is 20.8. The highest BCUT2D eigenvalue weighted by Crippen LogP contribution is 2.38. The van der Waals surface area contributed by atoms with Crippen molar-refractivity contribution in [3.8, 4) is 0 Å². The zero-order valence-electron chi connectivity index (χ0n) is 12.3. The molecule has 1 aliphatic rings. The maximum Gasteiger partial charge on any atom is 0.0863 e. The molecule has 0 aliphatic heterocycles. The number of aliphatic hydroxyl groups is 1. The molecular formula is C20H22O. The van der Waals surface area contributed by atoms with Crippen molar-refractivity contribution in [2.45, 2.75) is 37.7 Å². The van der Waals surface area contributed by atoms with E-state index < -0.39 is 5.60 Å². The number of benzene rings is 2. The molecule has 0 aromatic heterocycles. The van der Waals surface area contributed by atoms with Crippen LogP contribution >= 0.6 is 0 Å². The minimum atomic E-state index is -0.619. The Balaban J connectivity index is 1.93. The van der Waals surface area contributed by atoms with Crippen LogP contribution in [-0.4, -0.2) is 10.7 Å². The molecule has 0 bridgehead atoms. The fourth-order valence-electron chi connectivity index (χ4n) is 3.20. The Morgan fingerprint density at radius 3 is 2.10 bits per heavy atom. The van der Waals surface area contributed by atoms with Crippen LogP contribution in [0.1, 0.15) is 36.8 Å². The Bertz CT molecular complexity index is 592. The van der Waals surface area contributed by atoms with Crippen LogP contribution < -0.4 is 0 Å². The lowest BCUT2D eigenvalue weighted by molar-refractivity contribution is 0.0850. The summed E-state index contributed by atoms with van der Waals surface area (Å²) in [4.78, 5) is 0. The van der Waals surface area contributed by atoms with Crippen molar-refractivity contribution in [3.05, 3.63) is 77.4 Å². The highest BCUT2D eigenvalue weighted by Gasteiger charge is 2.34. The molecule has 1 aliphatic carbocycles. The minimum absolute atomic E-state index is 0.619. The van der Waals surface area contributed by atoms with Crippen molar-refractivity contribution in [3.63, 3.8) is 0 Å². The quantitative estimate of drug-likeness (QED) is 0.865. The van der Waals surface area contributed by atoms with Crippen molar-refractivity contribution in [2.24, 2.45) is 0 Å². The van der Waals surface area contributed by atoms with Gasteiger partial charge in [0.25, 0.3) is 0 Å². The molecule has 0 saturated heterocycles. The zero-order valence-corrected chi connectivity index (χ0v) is 12.3. The van der Waals surface area contributed by atoms with Gasteiger partial charge in [-0.05, 0) is 36.0 Å². The van der Waals surface area contributed by atoms with Gasteiger partial charge >= 0.3 is 0 Å². The predicted molar refractivity (Wildman–Crippen MR) is 88.0 cm³/mol. The second-order valence-electron chi connectivity index (χ2n) is 5.98. The molecule has 0 atom stereocenters. The average Bonchev–Trinajstić information content (AvgIpc) is 2.97. The van der Waals surface area contributed by atoms with Gasteiger partial charge in [-0.2, -0.15) is 0 Å². The Morgan fingerprint density at radius 1 is 0.905 bits per heavy atom. The van der Waals surface area contributed by atoms with Gasteiger partial charge in [0.15, 0.2) is 0 Å². The Labute approximate surface area is 127 Å². The predicted octanol–water partition coefficient (Wildman–Crippen LogP) is 4.62. The number of hydrogen-bond acceptors (Lipinski definition) is 1. The third-order valence-corrected chi connectivity index (χ3v) is 4.41. The van der Waals surface area contributed by atoms with Gasteiger partial charge in [-0.25, -0.2) is 0 Å². The minimum Gasteiger partial charge on any atom is -0.385 e. The van der Waals surface area contributed by atoms with Gasteiger partial charge < -0.3 is 5.11 Å². The molecule has 0 heterocycles. The lowest BCUT2D eigenvalue weighted by Crippen LogP contribution is -2.28. The van der Waals surface area contributed by atoms with E-state index in [-0.39, 0.29) is 0 Å². The van der Waals surface area contributed by atoms with Crippen molar-refractivity contribution in [2.75, 3.05) is 0 Å². The van der Waals surface area contributed by atoms with Gasteiger partial charge in [0.05, 0.1) is 5.60 Å². The largest absolute Gasteiger partial charge is 0.385 e. The Morgan fingerprint density at radius 2 is 1.48 bits per heavy atom. The molecule has 2 aromatic carbocycles. The molecule has 0 amide bonds. The van der Waals surface area contributed by atoms with E-state index in [1.165, 1.54) is 11.1 Å². The highest BCUT2D eigenvalue weighted by molar-refractivity contribution is 5.56. The standard InChI is InChI=1S/C20H22O/c21-20(13-7-8-14-20)19(15-17-9-3-1-4-10-17)16-18-11-5-2-6-12-18/h1-6,9-12,15,21H,7-8,13-14,16H2/b19-15+. The van der Waals surface area contributed by atoms with Crippen LogP contribution in [0.5, 0.6) is 0 Å². The first-order chi connectivity index (χ1) is 10.3. The maximum atomic E-state index is 11.0. The van der Waals surface area contributed by atoms with Crippen LogP contribution in [0.15, 0.2) is 66.2 Å². The molecule has 1 nitrogen and oxygen atoms in total. The van der Waals surface area contributed by atoms with Gasteiger partial charge in [-0.1, -0.05) is 79.6 Å². The SMILES string of the molecule is OC1(/C(=C/c2ccccc2)Cc2ccccc2)CCCC1. The van der Waals surface area contributed by atoms with Crippen molar-refractivity contribution in [1.29, 1.82) is 0 Å². The summed E-state index contributed by atoms with van der Waals surface area (Å²) in [7, 11) is 0. The molecule has 1 N–H and O–H groups in total. The van der Waals surface area contributed by atoms with E-state index in [9.17, 15) is 5.11 Å². The van der Waals surface area contributed by atoms with Crippen molar-refractivity contribution >= 4 is 6.08 Å². The zero-order chi connectivity index (χ0) is 14.5. The third kappa shape index (κ3) is 3.43. The van der Waals surface area contributed by atoms with Crippen molar-refractivity contribution < 1.29 is 5.11 Å². The van der Waals surface area contributed by atoms with E-state index in [2.05, 4.69) is 42.5 Å². The van der Waals surface area contributed by atoms with Crippen LogP contribution in [0.4, 0.5) is 0 Å². The Hall–Kier alpha value is -1.86. The van der Waals surface area contributed by atoms with E-state index in [0.717, 1.165) is 37.7 Å². The lowest BCUT2D eigenvalue weighted by Gasteiger charge is -2.26. The summed E-state index contributed by atoms with van der Waals surface area (Å²) in [6.45, 7) is 0. The lowest BCUT2D eigenvalue weighted by atomic mass is 9.86. The van der Waals surface area contributed by atoms with Crippen LogP contribution in [0, 0.1) is 0 Å². The van der Waals surface area contributed by atoms with E-state index in [4.69, 9.17) is 0 Å². The molecule has 0 unspecified atom stereocenters. The summed E-state index contributed by atoms with van der Waals surface area (Å²) < 4.78 is 0. The van der Waals surface area contributed by atoms with E-state index in [1.807, 2.05) is 24.3 Å². The second-order valence-corrected chi connectivity index (χ2v) is 5.98. The summed E-state index contributed by atoms with van der Waals surface area (Å²) >= 11 is 0. The molecule has 1 saturated carbocycles. The fourth-order valence-corrected chi connectivity index (χ4v) is 3.20. The van der Waals surface area contributed by atoms with Crippen LogP contribution in [-0.2, 0) is 6.42 Å².